The van der Waals surface area contributed by atoms with Crippen molar-refractivity contribution >= 4 is 5.69 Å². The van der Waals surface area contributed by atoms with Gasteiger partial charge in [-0.2, -0.15) is 0 Å². The lowest BCUT2D eigenvalue weighted by molar-refractivity contribution is 0.466. The Morgan fingerprint density at radius 2 is 2.33 bits per heavy atom. The van der Waals surface area contributed by atoms with Crippen LogP contribution in [0.3, 0.4) is 0 Å². The van der Waals surface area contributed by atoms with Gasteiger partial charge in [-0.05, 0) is 30.4 Å². The molecule has 1 fully saturated rings. The highest BCUT2D eigenvalue weighted by atomic mass is 15.2. The average Bonchev–Trinajstić information content (AvgIpc) is 3.04. The number of nitrogens with two attached hydrogens (primary N) is 2. The molecule has 0 amide bonds. The summed E-state index contributed by atoms with van der Waals surface area (Å²) in [6.45, 7) is 0. The summed E-state index contributed by atoms with van der Waals surface area (Å²) in [5, 5.41) is 0. The minimum Gasteiger partial charge on any atom is -0.398 e. The summed E-state index contributed by atoms with van der Waals surface area (Å²) >= 11 is 0. The molecule has 1 heterocycles. The van der Waals surface area contributed by atoms with Crippen LogP contribution in [0.15, 0.2) is 18.5 Å². The average molecular weight is 206 g/mol. The number of anilines is 1. The maximum absolute atomic E-state index is 5.86. The van der Waals surface area contributed by atoms with E-state index in [4.69, 9.17) is 11.6 Å². The third-order valence-corrected chi connectivity index (χ3v) is 2.96. The Hall–Kier alpha value is -1.13. The molecule has 0 aliphatic heterocycles. The highest BCUT2D eigenvalue weighted by Crippen LogP contribution is 2.34. The molecule has 0 aromatic carbocycles. The molecule has 2 rings (SSSR count). The first kappa shape index (κ1) is 10.4. The molecular weight excluding hydrogens is 188 g/mol. The fourth-order valence-corrected chi connectivity index (χ4v) is 1.84. The van der Waals surface area contributed by atoms with Crippen molar-refractivity contribution in [3.8, 4) is 0 Å². The van der Waals surface area contributed by atoms with Gasteiger partial charge in [-0.1, -0.05) is 12.8 Å². The molecule has 1 aliphatic carbocycles. The fraction of sp³-hybridized carbons (Fsp3) is 0.545. The van der Waals surface area contributed by atoms with Crippen LogP contribution in [0.5, 0.6) is 0 Å². The summed E-state index contributed by atoms with van der Waals surface area (Å²) in [5.41, 5.74) is 10.6. The first-order chi connectivity index (χ1) is 7.29. The van der Waals surface area contributed by atoms with Gasteiger partial charge in [0.25, 0.3) is 0 Å². The van der Waals surface area contributed by atoms with Gasteiger partial charge in [0.2, 0.25) is 0 Å². The van der Waals surface area contributed by atoms with E-state index in [1.54, 1.807) is 6.20 Å². The number of pyridine rings is 1. The van der Waals surface area contributed by atoms with Crippen molar-refractivity contribution in [3.63, 3.8) is 0 Å². The van der Waals surface area contributed by atoms with E-state index in [9.17, 15) is 0 Å². The van der Waals surface area contributed by atoms with Crippen molar-refractivity contribution in [1.82, 2.24) is 10.4 Å². The van der Waals surface area contributed by atoms with Gasteiger partial charge in [0.1, 0.15) is 0 Å². The van der Waals surface area contributed by atoms with E-state index >= 15 is 0 Å². The van der Waals surface area contributed by atoms with Crippen LogP contribution in [0, 0.1) is 5.92 Å². The minimum absolute atomic E-state index is 0.323. The van der Waals surface area contributed by atoms with Crippen LogP contribution in [0.4, 0.5) is 5.69 Å². The van der Waals surface area contributed by atoms with Gasteiger partial charge in [-0.3, -0.25) is 16.3 Å². The number of nitrogen functional groups attached to an aromatic ring is 1. The number of nitrogens with zero attached hydrogens (tertiary/aromatic N) is 1. The Labute approximate surface area is 90.0 Å². The van der Waals surface area contributed by atoms with Crippen molar-refractivity contribution in [2.45, 2.75) is 31.7 Å². The van der Waals surface area contributed by atoms with E-state index in [1.165, 1.54) is 12.8 Å². The van der Waals surface area contributed by atoms with E-state index in [-0.39, 0.29) is 0 Å². The third-order valence-electron chi connectivity index (χ3n) is 2.96. The Bertz CT molecular complexity index is 322. The second-order valence-electron chi connectivity index (χ2n) is 4.32. The zero-order valence-electron chi connectivity index (χ0n) is 8.82. The number of nitrogens with one attached hydrogen (secondary N) is 1. The van der Waals surface area contributed by atoms with Gasteiger partial charge in [-0.15, -0.1) is 0 Å². The lowest BCUT2D eigenvalue weighted by Crippen LogP contribution is -2.37. The highest BCUT2D eigenvalue weighted by molar-refractivity contribution is 5.44. The van der Waals surface area contributed by atoms with E-state index in [2.05, 4.69) is 10.4 Å². The predicted molar refractivity (Wildman–Crippen MR) is 60.8 cm³/mol. The van der Waals surface area contributed by atoms with Crippen LogP contribution in [0.25, 0.3) is 0 Å². The zero-order chi connectivity index (χ0) is 10.7. The molecule has 0 bridgehead atoms. The molecule has 5 N–H and O–H groups in total. The van der Waals surface area contributed by atoms with E-state index < -0.39 is 0 Å². The van der Waals surface area contributed by atoms with Crippen molar-refractivity contribution in [1.29, 1.82) is 0 Å². The van der Waals surface area contributed by atoms with Gasteiger partial charge in [0.05, 0.1) is 0 Å². The Morgan fingerprint density at radius 3 is 2.93 bits per heavy atom. The van der Waals surface area contributed by atoms with Gasteiger partial charge in [0.15, 0.2) is 0 Å². The summed E-state index contributed by atoms with van der Waals surface area (Å²) in [6.07, 6.45) is 8.25. The second kappa shape index (κ2) is 4.59. The molecule has 4 heteroatoms. The Kier molecular flexibility index (Phi) is 3.18. The first-order valence-electron chi connectivity index (χ1n) is 5.44. The monoisotopic (exact) mass is 206 g/mol. The summed E-state index contributed by atoms with van der Waals surface area (Å²) in [7, 11) is 0. The lowest BCUT2D eigenvalue weighted by atomic mass is 10.0. The molecule has 82 valence electrons. The zero-order valence-corrected chi connectivity index (χ0v) is 8.82. The number of hydrogen-bond donors (Lipinski definition) is 3. The number of hydrogen-bond acceptors (Lipinski definition) is 4. The number of aromatic nitrogens is 1. The summed E-state index contributed by atoms with van der Waals surface area (Å²) in [4.78, 5) is 4.08. The van der Waals surface area contributed by atoms with Crippen molar-refractivity contribution in [2.75, 3.05) is 5.73 Å². The Morgan fingerprint density at radius 1 is 1.53 bits per heavy atom. The van der Waals surface area contributed by atoms with Crippen molar-refractivity contribution < 1.29 is 0 Å². The topological polar surface area (TPSA) is 77.0 Å². The van der Waals surface area contributed by atoms with E-state index in [0.717, 1.165) is 30.0 Å². The van der Waals surface area contributed by atoms with E-state index in [0.29, 0.717) is 6.04 Å². The minimum atomic E-state index is 0.323. The Balaban J connectivity index is 1.95. The predicted octanol–water partition coefficient (Wildman–Crippen LogP) is 0.838. The molecule has 1 atom stereocenters. The van der Waals surface area contributed by atoms with Crippen LogP contribution >= 0.6 is 0 Å². The maximum atomic E-state index is 5.86. The normalized spacial score (nSPS) is 17.7. The fourth-order valence-electron chi connectivity index (χ4n) is 1.84. The second-order valence-corrected chi connectivity index (χ2v) is 4.32. The SMILES string of the molecule is NNC(Cc1cnccc1N)CC1CC1. The molecule has 0 spiro atoms. The van der Waals surface area contributed by atoms with Crippen LogP contribution in [-0.4, -0.2) is 11.0 Å². The molecule has 1 aromatic rings. The molecule has 15 heavy (non-hydrogen) atoms. The summed E-state index contributed by atoms with van der Waals surface area (Å²) in [6, 6.07) is 2.16. The van der Waals surface area contributed by atoms with Crippen molar-refractivity contribution in [3.05, 3.63) is 24.0 Å². The standard InChI is InChI=1S/C11H18N4/c12-11-3-4-14-7-9(11)6-10(15-13)5-8-1-2-8/h3-4,7-8,10,15H,1-2,5-6,13H2,(H2,12,14). The lowest BCUT2D eigenvalue weighted by Gasteiger charge is -2.16. The third kappa shape index (κ3) is 2.91. The van der Waals surface area contributed by atoms with Crippen molar-refractivity contribution in [2.24, 2.45) is 11.8 Å². The molecule has 4 nitrogen and oxygen atoms in total. The molecule has 1 aliphatic rings. The molecule has 0 saturated heterocycles. The largest absolute Gasteiger partial charge is 0.398 e. The van der Waals surface area contributed by atoms with E-state index in [1.807, 2.05) is 12.3 Å². The maximum Gasteiger partial charge on any atom is 0.0378 e. The van der Waals surface area contributed by atoms with Crippen LogP contribution in [0.1, 0.15) is 24.8 Å². The molecule has 1 saturated carbocycles. The smallest absolute Gasteiger partial charge is 0.0378 e. The molecule has 1 unspecified atom stereocenters. The summed E-state index contributed by atoms with van der Waals surface area (Å²) in [5.74, 6) is 6.40. The molecule has 0 radical (unpaired) electrons. The summed E-state index contributed by atoms with van der Waals surface area (Å²) < 4.78 is 0. The van der Waals surface area contributed by atoms with Crippen LogP contribution in [0.2, 0.25) is 0 Å². The molecule has 1 aromatic heterocycles. The first-order valence-corrected chi connectivity index (χ1v) is 5.44. The quantitative estimate of drug-likeness (QED) is 0.493. The number of hydrazine groups is 1. The van der Waals surface area contributed by atoms with Gasteiger partial charge in [0, 0.05) is 24.1 Å². The van der Waals surface area contributed by atoms with Gasteiger partial charge < -0.3 is 5.73 Å². The van der Waals surface area contributed by atoms with Gasteiger partial charge in [-0.25, -0.2) is 0 Å². The molecular formula is C11H18N4. The van der Waals surface area contributed by atoms with Crippen LogP contribution in [-0.2, 0) is 6.42 Å². The van der Waals surface area contributed by atoms with Gasteiger partial charge >= 0.3 is 0 Å². The number of rotatable bonds is 5. The van der Waals surface area contributed by atoms with Crippen LogP contribution < -0.4 is 17.0 Å². The highest BCUT2D eigenvalue weighted by Gasteiger charge is 2.25.